The number of aryl methyl sites for hydroxylation is 2. The van der Waals surface area contributed by atoms with E-state index in [4.69, 9.17) is 10.00 Å². The molecular formula is C13H17NO2. The van der Waals surface area contributed by atoms with Crippen molar-refractivity contribution in [2.75, 3.05) is 6.61 Å². The van der Waals surface area contributed by atoms with E-state index >= 15 is 0 Å². The first-order chi connectivity index (χ1) is 7.65. The third-order valence-electron chi connectivity index (χ3n) is 2.43. The van der Waals surface area contributed by atoms with Crippen LogP contribution in [0.4, 0.5) is 0 Å². The molecule has 16 heavy (non-hydrogen) atoms. The molecule has 0 saturated carbocycles. The van der Waals surface area contributed by atoms with Gasteiger partial charge in [0.25, 0.3) is 0 Å². The van der Waals surface area contributed by atoms with Gasteiger partial charge < -0.3 is 9.84 Å². The summed E-state index contributed by atoms with van der Waals surface area (Å²) in [6, 6.07) is 7.91. The Hall–Kier alpha value is -1.53. The van der Waals surface area contributed by atoms with Gasteiger partial charge in [0, 0.05) is 6.42 Å². The summed E-state index contributed by atoms with van der Waals surface area (Å²) < 4.78 is 5.62. The maximum Gasteiger partial charge on any atom is 0.125 e. The number of nitrogens with zero attached hydrogens (tertiary/aromatic N) is 1. The van der Waals surface area contributed by atoms with Crippen molar-refractivity contribution in [3.05, 3.63) is 29.3 Å². The third kappa shape index (κ3) is 3.56. The first-order valence-corrected chi connectivity index (χ1v) is 5.39. The van der Waals surface area contributed by atoms with Crippen LogP contribution < -0.4 is 4.74 Å². The molecule has 0 heterocycles. The Bertz CT molecular complexity index is 362. The predicted octanol–water partition coefficient (Wildman–Crippen LogP) is 2.35. The van der Waals surface area contributed by atoms with Gasteiger partial charge >= 0.3 is 0 Å². The lowest BCUT2D eigenvalue weighted by atomic mass is 10.1. The predicted molar refractivity (Wildman–Crippen MR) is 62.3 cm³/mol. The van der Waals surface area contributed by atoms with Crippen molar-refractivity contribution in [1.82, 2.24) is 0 Å². The van der Waals surface area contributed by atoms with E-state index in [-0.39, 0.29) is 6.42 Å². The van der Waals surface area contributed by atoms with Gasteiger partial charge in [-0.1, -0.05) is 18.2 Å². The van der Waals surface area contributed by atoms with E-state index in [0.717, 1.165) is 16.9 Å². The SMILES string of the molecule is Cc1cccc(C)c1OCCC(O)CC#N. The van der Waals surface area contributed by atoms with E-state index in [1.165, 1.54) is 0 Å². The van der Waals surface area contributed by atoms with Crippen molar-refractivity contribution in [2.24, 2.45) is 0 Å². The van der Waals surface area contributed by atoms with E-state index in [9.17, 15) is 5.11 Å². The molecule has 1 aromatic carbocycles. The fourth-order valence-corrected chi connectivity index (χ4v) is 1.53. The molecule has 0 aliphatic carbocycles. The summed E-state index contributed by atoms with van der Waals surface area (Å²) in [5, 5.41) is 17.8. The van der Waals surface area contributed by atoms with Crippen molar-refractivity contribution < 1.29 is 9.84 Å². The number of aliphatic hydroxyl groups excluding tert-OH is 1. The van der Waals surface area contributed by atoms with Crippen molar-refractivity contribution in [2.45, 2.75) is 32.8 Å². The van der Waals surface area contributed by atoms with Crippen LogP contribution in [0.5, 0.6) is 5.75 Å². The van der Waals surface area contributed by atoms with E-state index < -0.39 is 6.10 Å². The Balaban J connectivity index is 2.46. The molecule has 1 aromatic rings. The highest BCUT2D eigenvalue weighted by atomic mass is 16.5. The molecule has 0 radical (unpaired) electrons. The van der Waals surface area contributed by atoms with Crippen LogP contribution in [0.15, 0.2) is 18.2 Å². The molecule has 0 fully saturated rings. The zero-order chi connectivity index (χ0) is 12.0. The third-order valence-corrected chi connectivity index (χ3v) is 2.43. The van der Waals surface area contributed by atoms with Crippen LogP contribution in [0.1, 0.15) is 24.0 Å². The minimum atomic E-state index is -0.589. The van der Waals surface area contributed by atoms with Gasteiger partial charge in [0.15, 0.2) is 0 Å². The molecule has 0 aliphatic rings. The average molecular weight is 219 g/mol. The van der Waals surface area contributed by atoms with Crippen molar-refractivity contribution in [1.29, 1.82) is 5.26 Å². The maximum atomic E-state index is 9.36. The van der Waals surface area contributed by atoms with Crippen molar-refractivity contribution >= 4 is 0 Å². The number of benzene rings is 1. The van der Waals surface area contributed by atoms with Gasteiger partial charge in [0.2, 0.25) is 0 Å². The summed E-state index contributed by atoms with van der Waals surface area (Å²) in [4.78, 5) is 0. The summed E-state index contributed by atoms with van der Waals surface area (Å²) in [6.07, 6.45) is 0.0617. The molecule has 0 aliphatic heterocycles. The lowest BCUT2D eigenvalue weighted by molar-refractivity contribution is 0.143. The summed E-state index contributed by atoms with van der Waals surface area (Å²) in [5.41, 5.74) is 2.18. The van der Waals surface area contributed by atoms with Gasteiger partial charge in [-0.05, 0) is 25.0 Å². The molecular weight excluding hydrogens is 202 g/mol. The minimum absolute atomic E-state index is 0.163. The van der Waals surface area contributed by atoms with Gasteiger partial charge in [0.1, 0.15) is 5.75 Å². The summed E-state index contributed by atoms with van der Waals surface area (Å²) in [6.45, 7) is 4.43. The molecule has 1 atom stereocenters. The molecule has 0 amide bonds. The molecule has 0 spiro atoms. The Labute approximate surface area is 96.3 Å². The number of hydrogen-bond donors (Lipinski definition) is 1. The second-order valence-corrected chi connectivity index (χ2v) is 3.87. The van der Waals surface area contributed by atoms with Crippen molar-refractivity contribution in [3.63, 3.8) is 0 Å². The Morgan fingerprint density at radius 3 is 2.56 bits per heavy atom. The summed E-state index contributed by atoms with van der Waals surface area (Å²) >= 11 is 0. The number of rotatable bonds is 5. The van der Waals surface area contributed by atoms with Crippen LogP contribution in [-0.4, -0.2) is 17.8 Å². The largest absolute Gasteiger partial charge is 0.493 e. The molecule has 3 heteroatoms. The zero-order valence-electron chi connectivity index (χ0n) is 9.73. The van der Waals surface area contributed by atoms with Crippen LogP contribution in [0.3, 0.4) is 0 Å². The standard InChI is InChI=1S/C13H17NO2/c1-10-4-3-5-11(2)13(10)16-9-7-12(15)6-8-14/h3-5,12,15H,6-7,9H2,1-2H3. The molecule has 0 saturated heterocycles. The van der Waals surface area contributed by atoms with E-state index in [1.807, 2.05) is 38.1 Å². The smallest absolute Gasteiger partial charge is 0.125 e. The molecule has 86 valence electrons. The van der Waals surface area contributed by atoms with Crippen LogP contribution >= 0.6 is 0 Å². The maximum absolute atomic E-state index is 9.36. The van der Waals surface area contributed by atoms with Gasteiger partial charge in [-0.25, -0.2) is 0 Å². The fraction of sp³-hybridized carbons (Fsp3) is 0.462. The van der Waals surface area contributed by atoms with Crippen molar-refractivity contribution in [3.8, 4) is 11.8 Å². The van der Waals surface area contributed by atoms with E-state index in [0.29, 0.717) is 13.0 Å². The number of aliphatic hydroxyl groups is 1. The fourth-order valence-electron chi connectivity index (χ4n) is 1.53. The van der Waals surface area contributed by atoms with Gasteiger partial charge in [-0.2, -0.15) is 5.26 Å². The highest BCUT2D eigenvalue weighted by Crippen LogP contribution is 2.22. The molecule has 1 rings (SSSR count). The summed E-state index contributed by atoms with van der Waals surface area (Å²) in [7, 11) is 0. The zero-order valence-corrected chi connectivity index (χ0v) is 9.73. The molecule has 1 N–H and O–H groups in total. The molecule has 1 unspecified atom stereocenters. The minimum Gasteiger partial charge on any atom is -0.493 e. The first kappa shape index (κ1) is 12.5. The van der Waals surface area contributed by atoms with Gasteiger partial charge in [-0.15, -0.1) is 0 Å². The van der Waals surface area contributed by atoms with Gasteiger partial charge in [-0.3, -0.25) is 0 Å². The molecule has 0 bridgehead atoms. The Morgan fingerprint density at radius 2 is 2.00 bits per heavy atom. The second kappa shape index (κ2) is 6.14. The lowest BCUT2D eigenvalue weighted by Crippen LogP contribution is -2.11. The van der Waals surface area contributed by atoms with E-state index in [1.54, 1.807) is 0 Å². The van der Waals surface area contributed by atoms with Crippen LogP contribution in [0.2, 0.25) is 0 Å². The van der Waals surface area contributed by atoms with Crippen LogP contribution in [0, 0.1) is 25.2 Å². The number of hydrogen-bond acceptors (Lipinski definition) is 3. The number of para-hydroxylation sites is 1. The lowest BCUT2D eigenvalue weighted by Gasteiger charge is -2.13. The highest BCUT2D eigenvalue weighted by Gasteiger charge is 2.06. The van der Waals surface area contributed by atoms with E-state index in [2.05, 4.69) is 0 Å². The quantitative estimate of drug-likeness (QED) is 0.827. The first-order valence-electron chi connectivity index (χ1n) is 5.39. The summed E-state index contributed by atoms with van der Waals surface area (Å²) in [5.74, 6) is 0.881. The average Bonchev–Trinajstić information content (AvgIpc) is 2.23. The Morgan fingerprint density at radius 1 is 1.38 bits per heavy atom. The Kier molecular flexibility index (Phi) is 4.81. The highest BCUT2D eigenvalue weighted by molar-refractivity contribution is 5.39. The number of ether oxygens (including phenoxy) is 1. The second-order valence-electron chi connectivity index (χ2n) is 3.87. The normalized spacial score (nSPS) is 11.9. The monoisotopic (exact) mass is 219 g/mol. The topological polar surface area (TPSA) is 53.2 Å². The van der Waals surface area contributed by atoms with Crippen LogP contribution in [-0.2, 0) is 0 Å². The molecule has 3 nitrogen and oxygen atoms in total. The van der Waals surface area contributed by atoms with Crippen LogP contribution in [0.25, 0.3) is 0 Å². The number of nitriles is 1. The van der Waals surface area contributed by atoms with Gasteiger partial charge in [0.05, 0.1) is 25.2 Å². The molecule has 0 aromatic heterocycles.